The second-order valence-electron chi connectivity index (χ2n) is 6.97. The van der Waals surface area contributed by atoms with Crippen molar-refractivity contribution < 1.29 is 4.42 Å². The number of aryl methyl sites for hydroxylation is 1. The van der Waals surface area contributed by atoms with Crippen molar-refractivity contribution in [2.75, 3.05) is 0 Å². The highest BCUT2D eigenvalue weighted by Crippen LogP contribution is 2.26. The van der Waals surface area contributed by atoms with E-state index >= 15 is 0 Å². The van der Waals surface area contributed by atoms with Crippen LogP contribution in [0.4, 0.5) is 0 Å². The molecule has 0 fully saturated rings. The van der Waals surface area contributed by atoms with Crippen LogP contribution in [0.15, 0.2) is 32.4 Å². The molecule has 0 N–H and O–H groups in total. The largest absolute Gasteiger partial charge is 0.428 e. The summed E-state index contributed by atoms with van der Waals surface area (Å²) in [6.07, 6.45) is 1.77. The molecule has 3 aromatic rings. The first-order chi connectivity index (χ1) is 10.6. The molecule has 0 aliphatic carbocycles. The number of hydrogen-bond acceptors (Lipinski definition) is 4. The SMILES string of the molecule is C=C(C)Cn1c(=O)c2c(nc3oc(C(C)(C)C)cn32)n(C)c1=O. The van der Waals surface area contributed by atoms with E-state index in [1.54, 1.807) is 24.6 Å². The second-order valence-corrected chi connectivity index (χ2v) is 6.97. The van der Waals surface area contributed by atoms with E-state index in [1.165, 1.54) is 9.13 Å². The van der Waals surface area contributed by atoms with Gasteiger partial charge in [0.2, 0.25) is 0 Å². The predicted octanol–water partition coefficient (Wildman–Crippen LogP) is 1.81. The molecule has 122 valence electrons. The van der Waals surface area contributed by atoms with Gasteiger partial charge in [0.25, 0.3) is 5.56 Å². The zero-order chi connectivity index (χ0) is 17.1. The van der Waals surface area contributed by atoms with Crippen LogP contribution in [0.1, 0.15) is 33.5 Å². The molecule has 23 heavy (non-hydrogen) atoms. The number of nitrogens with zero attached hydrogens (tertiary/aromatic N) is 4. The maximum Gasteiger partial charge on any atom is 0.332 e. The van der Waals surface area contributed by atoms with E-state index in [4.69, 9.17) is 4.42 Å². The van der Waals surface area contributed by atoms with Crippen molar-refractivity contribution in [3.63, 3.8) is 0 Å². The Kier molecular flexibility index (Phi) is 3.14. The van der Waals surface area contributed by atoms with Crippen molar-refractivity contribution in [1.29, 1.82) is 0 Å². The fourth-order valence-electron chi connectivity index (χ4n) is 2.51. The van der Waals surface area contributed by atoms with Gasteiger partial charge in [0, 0.05) is 12.5 Å². The highest BCUT2D eigenvalue weighted by molar-refractivity contribution is 5.74. The molecule has 3 heterocycles. The van der Waals surface area contributed by atoms with Crippen molar-refractivity contribution in [2.45, 2.75) is 39.7 Å². The van der Waals surface area contributed by atoms with Gasteiger partial charge in [0.1, 0.15) is 5.76 Å². The molecule has 0 bridgehead atoms. The fraction of sp³-hybridized carbons (Fsp3) is 0.438. The Bertz CT molecular complexity index is 1050. The van der Waals surface area contributed by atoms with Crippen LogP contribution >= 0.6 is 0 Å². The molecule has 0 radical (unpaired) electrons. The van der Waals surface area contributed by atoms with Crippen LogP contribution in [0, 0.1) is 0 Å². The zero-order valence-electron chi connectivity index (χ0n) is 14.0. The van der Waals surface area contributed by atoms with Crippen molar-refractivity contribution in [2.24, 2.45) is 7.05 Å². The summed E-state index contributed by atoms with van der Waals surface area (Å²) < 4.78 is 9.91. The highest BCUT2D eigenvalue weighted by atomic mass is 16.4. The first-order valence-corrected chi connectivity index (χ1v) is 7.37. The predicted molar refractivity (Wildman–Crippen MR) is 88.0 cm³/mol. The van der Waals surface area contributed by atoms with E-state index in [-0.39, 0.29) is 17.5 Å². The number of fused-ring (bicyclic) bond motifs is 3. The summed E-state index contributed by atoms with van der Waals surface area (Å²) in [4.78, 5) is 29.5. The molecule has 3 aromatic heterocycles. The van der Waals surface area contributed by atoms with Gasteiger partial charge in [0.15, 0.2) is 11.2 Å². The lowest BCUT2D eigenvalue weighted by Gasteiger charge is -2.13. The minimum absolute atomic E-state index is 0.179. The molecule has 0 atom stereocenters. The number of hydrogen-bond donors (Lipinski definition) is 0. The maximum absolute atomic E-state index is 12.8. The maximum atomic E-state index is 12.8. The third-order valence-corrected chi connectivity index (χ3v) is 3.76. The summed E-state index contributed by atoms with van der Waals surface area (Å²) in [5, 5.41) is 0. The van der Waals surface area contributed by atoms with Crippen molar-refractivity contribution >= 4 is 17.0 Å². The second kappa shape index (κ2) is 4.71. The van der Waals surface area contributed by atoms with Crippen molar-refractivity contribution in [1.82, 2.24) is 18.5 Å². The molecule has 7 nitrogen and oxygen atoms in total. The Morgan fingerprint density at radius 2 is 2.00 bits per heavy atom. The molecule has 0 saturated carbocycles. The number of aromatic nitrogens is 4. The van der Waals surface area contributed by atoms with Gasteiger partial charge in [-0.3, -0.25) is 18.3 Å². The minimum Gasteiger partial charge on any atom is -0.428 e. The van der Waals surface area contributed by atoms with Crippen LogP contribution in [0.3, 0.4) is 0 Å². The van der Waals surface area contributed by atoms with E-state index in [0.29, 0.717) is 17.0 Å². The van der Waals surface area contributed by atoms with E-state index in [9.17, 15) is 9.59 Å². The Morgan fingerprint density at radius 3 is 2.57 bits per heavy atom. The average Bonchev–Trinajstić information content (AvgIpc) is 2.97. The molecule has 0 unspecified atom stereocenters. The minimum atomic E-state index is -0.415. The summed E-state index contributed by atoms with van der Waals surface area (Å²) >= 11 is 0. The number of allylic oxidation sites excluding steroid dienone is 1. The normalized spacial score (nSPS) is 12.4. The highest BCUT2D eigenvalue weighted by Gasteiger charge is 2.24. The van der Waals surface area contributed by atoms with Gasteiger partial charge < -0.3 is 4.42 Å². The number of rotatable bonds is 2. The molecular formula is C16H20N4O3. The van der Waals surface area contributed by atoms with Crippen molar-refractivity contribution in [3.05, 3.63) is 44.9 Å². The van der Waals surface area contributed by atoms with Crippen LogP contribution in [-0.4, -0.2) is 18.5 Å². The van der Waals surface area contributed by atoms with E-state index < -0.39 is 5.69 Å². The van der Waals surface area contributed by atoms with Crippen LogP contribution in [0.5, 0.6) is 0 Å². The lowest BCUT2D eigenvalue weighted by Crippen LogP contribution is -2.39. The molecule has 0 aliphatic rings. The topological polar surface area (TPSA) is 74.4 Å². The first-order valence-electron chi connectivity index (χ1n) is 7.37. The molecule has 7 heteroatoms. The Labute approximate surface area is 132 Å². The molecule has 0 amide bonds. The van der Waals surface area contributed by atoms with E-state index in [2.05, 4.69) is 11.6 Å². The average molecular weight is 316 g/mol. The van der Waals surface area contributed by atoms with Gasteiger partial charge >= 0.3 is 11.5 Å². The van der Waals surface area contributed by atoms with Gasteiger partial charge in [-0.1, -0.05) is 32.9 Å². The van der Waals surface area contributed by atoms with Crippen molar-refractivity contribution in [3.8, 4) is 0 Å². The fourth-order valence-corrected chi connectivity index (χ4v) is 2.51. The van der Waals surface area contributed by atoms with Crippen LogP contribution in [-0.2, 0) is 19.0 Å². The lowest BCUT2D eigenvalue weighted by atomic mass is 9.94. The van der Waals surface area contributed by atoms with E-state index in [1.807, 2.05) is 20.8 Å². The quantitative estimate of drug-likeness (QED) is 0.676. The molecule has 0 saturated heterocycles. The first kappa shape index (κ1) is 15.3. The molecule has 0 aliphatic heterocycles. The van der Waals surface area contributed by atoms with Crippen LogP contribution in [0.2, 0.25) is 0 Å². The number of oxazole rings is 1. The molecule has 3 rings (SSSR count). The number of imidazole rings is 1. The van der Waals surface area contributed by atoms with Gasteiger partial charge in [-0.15, -0.1) is 0 Å². The Hall–Kier alpha value is -2.57. The summed E-state index contributed by atoms with van der Waals surface area (Å²) in [7, 11) is 1.59. The van der Waals surface area contributed by atoms with Gasteiger partial charge in [-0.2, -0.15) is 4.98 Å². The smallest absolute Gasteiger partial charge is 0.332 e. The standard InChI is InChI=1S/C16H20N4O3/c1-9(2)7-20-13(21)11-12(18(6)15(20)22)17-14-19(11)8-10(23-14)16(3,4)5/h8H,1,7H2,2-6H3. The Balaban J connectivity index is 2.44. The van der Waals surface area contributed by atoms with Gasteiger partial charge in [0.05, 0.1) is 12.7 Å². The summed E-state index contributed by atoms with van der Waals surface area (Å²) in [5.74, 6) is 1.03. The Morgan fingerprint density at radius 1 is 1.35 bits per heavy atom. The molecule has 0 spiro atoms. The summed E-state index contributed by atoms with van der Waals surface area (Å²) in [5.41, 5.74) is 0.374. The van der Waals surface area contributed by atoms with Crippen LogP contribution < -0.4 is 11.2 Å². The van der Waals surface area contributed by atoms with Gasteiger partial charge in [-0.25, -0.2) is 4.79 Å². The summed E-state index contributed by atoms with van der Waals surface area (Å²) in [6, 6.07) is 0. The third kappa shape index (κ3) is 2.23. The monoisotopic (exact) mass is 316 g/mol. The summed E-state index contributed by atoms with van der Waals surface area (Å²) in [6.45, 7) is 11.8. The van der Waals surface area contributed by atoms with E-state index in [0.717, 1.165) is 11.3 Å². The molecule has 0 aromatic carbocycles. The molecular weight excluding hydrogens is 296 g/mol. The third-order valence-electron chi connectivity index (χ3n) is 3.76. The van der Waals surface area contributed by atoms with Gasteiger partial charge in [-0.05, 0) is 6.92 Å². The lowest BCUT2D eigenvalue weighted by molar-refractivity contribution is 0.425. The zero-order valence-corrected chi connectivity index (χ0v) is 14.0. The van der Waals surface area contributed by atoms with Crippen LogP contribution in [0.25, 0.3) is 17.0 Å².